The standard InChI is InChI=1S/C18H26N2O3/c1-3-19-15-7-9-18(10-8-15,20-4-2)12-14-11-13(17(22)23)5-6-16(14)21/h7-9,12-13,19-20H,3-6,10-11H2,1-2H3,(H,22,23). The third-order valence-corrected chi connectivity index (χ3v) is 4.43. The van der Waals surface area contributed by atoms with E-state index in [9.17, 15) is 14.7 Å². The molecule has 2 aliphatic carbocycles. The average Bonchev–Trinajstić information content (AvgIpc) is 2.52. The van der Waals surface area contributed by atoms with Gasteiger partial charge in [0.2, 0.25) is 0 Å². The van der Waals surface area contributed by atoms with E-state index in [0.717, 1.165) is 25.2 Å². The SMILES string of the molecule is CCNC1=CCC(C=C2CC(C(=O)O)CCC2=O)(NCC)C=C1. The number of hydrogen-bond donors (Lipinski definition) is 3. The number of rotatable bonds is 6. The minimum Gasteiger partial charge on any atom is -0.481 e. The Hall–Kier alpha value is -1.88. The first kappa shape index (κ1) is 17.5. The summed E-state index contributed by atoms with van der Waals surface area (Å²) in [5.74, 6) is -1.18. The van der Waals surface area contributed by atoms with Gasteiger partial charge >= 0.3 is 5.97 Å². The van der Waals surface area contributed by atoms with E-state index in [1.165, 1.54) is 0 Å². The second-order valence-electron chi connectivity index (χ2n) is 6.17. The maximum Gasteiger partial charge on any atom is 0.306 e. The first-order valence-corrected chi connectivity index (χ1v) is 8.35. The molecule has 0 aromatic rings. The summed E-state index contributed by atoms with van der Waals surface area (Å²) in [5, 5.41) is 15.9. The van der Waals surface area contributed by atoms with E-state index >= 15 is 0 Å². The Balaban J connectivity index is 2.23. The minimum absolute atomic E-state index is 0.0784. The summed E-state index contributed by atoms with van der Waals surface area (Å²) < 4.78 is 0. The van der Waals surface area contributed by atoms with Crippen LogP contribution < -0.4 is 10.6 Å². The number of ketones is 1. The summed E-state index contributed by atoms with van der Waals surface area (Å²) in [6.07, 6.45) is 10.0. The normalized spacial score (nSPS) is 29.5. The van der Waals surface area contributed by atoms with Gasteiger partial charge in [0, 0.05) is 18.7 Å². The molecule has 0 amide bonds. The molecule has 0 radical (unpaired) electrons. The van der Waals surface area contributed by atoms with Crippen LogP contribution in [-0.4, -0.2) is 35.5 Å². The van der Waals surface area contributed by atoms with E-state index in [1.807, 2.05) is 19.1 Å². The first-order valence-electron chi connectivity index (χ1n) is 8.35. The van der Waals surface area contributed by atoms with Gasteiger partial charge in [0.15, 0.2) is 5.78 Å². The number of carbonyl (C=O) groups is 2. The molecule has 2 aliphatic rings. The monoisotopic (exact) mass is 318 g/mol. The van der Waals surface area contributed by atoms with E-state index in [-0.39, 0.29) is 5.78 Å². The fraction of sp³-hybridized carbons (Fsp3) is 0.556. The Bertz CT molecular complexity index is 563. The van der Waals surface area contributed by atoms with Gasteiger partial charge in [0.1, 0.15) is 0 Å². The van der Waals surface area contributed by atoms with Crippen molar-refractivity contribution >= 4 is 11.8 Å². The van der Waals surface area contributed by atoms with Gasteiger partial charge in [-0.1, -0.05) is 25.2 Å². The summed E-state index contributed by atoms with van der Waals surface area (Å²) in [6, 6.07) is 0. The average molecular weight is 318 g/mol. The summed E-state index contributed by atoms with van der Waals surface area (Å²) >= 11 is 0. The van der Waals surface area contributed by atoms with Gasteiger partial charge in [-0.15, -0.1) is 0 Å². The van der Waals surface area contributed by atoms with Crippen molar-refractivity contribution in [2.24, 2.45) is 5.92 Å². The molecule has 1 fully saturated rings. The molecular weight excluding hydrogens is 292 g/mol. The van der Waals surface area contributed by atoms with Crippen LogP contribution in [0.15, 0.2) is 35.6 Å². The number of carbonyl (C=O) groups excluding carboxylic acids is 1. The fourth-order valence-electron chi connectivity index (χ4n) is 3.22. The summed E-state index contributed by atoms with van der Waals surface area (Å²) in [5.41, 5.74) is 1.33. The topological polar surface area (TPSA) is 78.4 Å². The van der Waals surface area contributed by atoms with Crippen LogP contribution in [0.1, 0.15) is 39.5 Å². The zero-order chi connectivity index (χ0) is 16.9. The van der Waals surface area contributed by atoms with Gasteiger partial charge in [-0.25, -0.2) is 0 Å². The third-order valence-electron chi connectivity index (χ3n) is 4.43. The summed E-state index contributed by atoms with van der Waals surface area (Å²) in [7, 11) is 0. The van der Waals surface area contributed by atoms with Crippen LogP contribution in [0.3, 0.4) is 0 Å². The highest BCUT2D eigenvalue weighted by atomic mass is 16.4. The van der Waals surface area contributed by atoms with Crippen molar-refractivity contribution < 1.29 is 14.7 Å². The van der Waals surface area contributed by atoms with Crippen molar-refractivity contribution in [2.45, 2.75) is 45.1 Å². The number of hydrogen-bond acceptors (Lipinski definition) is 4. The van der Waals surface area contributed by atoms with Crippen LogP contribution in [0, 0.1) is 5.92 Å². The number of Topliss-reactive ketones (excluding diaryl/α,β-unsaturated/α-hetero) is 1. The Morgan fingerprint density at radius 3 is 2.78 bits per heavy atom. The number of carboxylic acid groups (broad SMARTS) is 1. The van der Waals surface area contributed by atoms with E-state index in [2.05, 4.69) is 29.7 Å². The van der Waals surface area contributed by atoms with Crippen LogP contribution in [0.4, 0.5) is 0 Å². The van der Waals surface area contributed by atoms with Gasteiger partial charge in [0.25, 0.3) is 0 Å². The molecule has 2 unspecified atom stereocenters. The van der Waals surface area contributed by atoms with Gasteiger partial charge in [-0.05, 0) is 44.4 Å². The lowest BCUT2D eigenvalue weighted by atomic mass is 9.80. The minimum atomic E-state index is -0.811. The molecule has 23 heavy (non-hydrogen) atoms. The van der Waals surface area contributed by atoms with Crippen LogP contribution in [0.5, 0.6) is 0 Å². The smallest absolute Gasteiger partial charge is 0.306 e. The highest BCUT2D eigenvalue weighted by Gasteiger charge is 2.32. The van der Waals surface area contributed by atoms with Crippen molar-refractivity contribution in [3.8, 4) is 0 Å². The lowest BCUT2D eigenvalue weighted by Crippen LogP contribution is -2.43. The highest BCUT2D eigenvalue weighted by molar-refractivity contribution is 5.97. The maximum atomic E-state index is 12.2. The van der Waals surface area contributed by atoms with Gasteiger partial charge in [0.05, 0.1) is 11.5 Å². The molecule has 1 saturated carbocycles. The van der Waals surface area contributed by atoms with Crippen LogP contribution in [-0.2, 0) is 9.59 Å². The van der Waals surface area contributed by atoms with Crippen LogP contribution >= 0.6 is 0 Å². The molecule has 3 N–H and O–H groups in total. The second kappa shape index (κ2) is 7.59. The molecule has 0 heterocycles. The number of likely N-dealkylation sites (N-methyl/N-ethyl adjacent to an activating group) is 2. The Labute approximate surface area is 137 Å². The largest absolute Gasteiger partial charge is 0.481 e. The molecule has 126 valence electrons. The Morgan fingerprint density at radius 1 is 1.43 bits per heavy atom. The van der Waals surface area contributed by atoms with E-state index in [4.69, 9.17) is 0 Å². The second-order valence-corrected chi connectivity index (χ2v) is 6.17. The molecular formula is C18H26N2O3. The van der Waals surface area contributed by atoms with Crippen molar-refractivity contribution in [1.29, 1.82) is 0 Å². The first-order chi connectivity index (χ1) is 11.0. The molecule has 0 saturated heterocycles. The molecule has 2 atom stereocenters. The predicted molar refractivity (Wildman–Crippen MR) is 90.0 cm³/mol. The lowest BCUT2D eigenvalue weighted by molar-refractivity contribution is -0.142. The quantitative estimate of drug-likeness (QED) is 0.654. The Kier molecular flexibility index (Phi) is 5.77. The molecule has 0 aromatic carbocycles. The third kappa shape index (κ3) is 4.32. The van der Waals surface area contributed by atoms with Crippen LogP contribution in [0.25, 0.3) is 0 Å². The van der Waals surface area contributed by atoms with E-state index in [0.29, 0.717) is 24.8 Å². The zero-order valence-corrected chi connectivity index (χ0v) is 13.9. The van der Waals surface area contributed by atoms with Crippen molar-refractivity contribution in [1.82, 2.24) is 10.6 Å². The van der Waals surface area contributed by atoms with Crippen molar-refractivity contribution in [3.05, 3.63) is 35.6 Å². The van der Waals surface area contributed by atoms with Gasteiger partial charge in [-0.2, -0.15) is 0 Å². The number of nitrogens with one attached hydrogen (secondary N) is 2. The number of aliphatic carboxylic acids is 1. The summed E-state index contributed by atoms with van der Waals surface area (Å²) in [6.45, 7) is 5.72. The molecule has 2 rings (SSSR count). The lowest BCUT2D eigenvalue weighted by Gasteiger charge is -2.32. The molecule has 0 bridgehead atoms. The summed E-state index contributed by atoms with van der Waals surface area (Å²) in [4.78, 5) is 23.4. The van der Waals surface area contributed by atoms with E-state index in [1.54, 1.807) is 0 Å². The molecule has 5 nitrogen and oxygen atoms in total. The van der Waals surface area contributed by atoms with E-state index < -0.39 is 17.4 Å². The highest BCUT2D eigenvalue weighted by Crippen LogP contribution is 2.30. The van der Waals surface area contributed by atoms with Gasteiger partial charge < -0.3 is 15.7 Å². The molecule has 5 heteroatoms. The van der Waals surface area contributed by atoms with Crippen LogP contribution in [0.2, 0.25) is 0 Å². The molecule has 0 spiro atoms. The Morgan fingerprint density at radius 2 is 2.22 bits per heavy atom. The van der Waals surface area contributed by atoms with Crippen molar-refractivity contribution in [3.63, 3.8) is 0 Å². The number of carboxylic acids is 1. The molecule has 0 aliphatic heterocycles. The fourth-order valence-corrected chi connectivity index (χ4v) is 3.22. The maximum absolute atomic E-state index is 12.2. The zero-order valence-electron chi connectivity index (χ0n) is 13.9. The number of allylic oxidation sites excluding steroid dienone is 2. The van der Waals surface area contributed by atoms with Gasteiger partial charge in [-0.3, -0.25) is 9.59 Å². The predicted octanol–water partition coefficient (Wildman–Crippen LogP) is 2.17. The molecule has 0 aromatic heterocycles. The van der Waals surface area contributed by atoms with Crippen molar-refractivity contribution in [2.75, 3.05) is 13.1 Å².